The Balaban J connectivity index is 1.52. The van der Waals surface area contributed by atoms with E-state index in [-0.39, 0.29) is 0 Å². The van der Waals surface area contributed by atoms with Gasteiger partial charge in [-0.15, -0.1) is 0 Å². The number of amidine groups is 1. The molecule has 0 amide bonds. The molecule has 0 spiro atoms. The Morgan fingerprint density at radius 1 is 0.938 bits per heavy atom. The zero-order chi connectivity index (χ0) is 22.3. The molecule has 0 atom stereocenters. The van der Waals surface area contributed by atoms with Crippen LogP contribution in [0, 0.1) is 0 Å². The second-order valence-electron chi connectivity index (χ2n) is 7.82. The summed E-state index contributed by atoms with van der Waals surface area (Å²) in [5.41, 5.74) is 2.16. The Kier molecular flexibility index (Phi) is 6.76. The second-order valence-corrected chi connectivity index (χ2v) is 7.82. The fraction of sp³-hybridized carbons (Fsp3) is 0.304. The standard InChI is InChI=1S/C23H28N8O/c1-30(2)11-12-31(3)23-28-21(25-15-17-8-5-4-6-9-17)27-22(29-23)26-20-14-18(16-24-20)19-10-7-13-32-19/h4-10,13-14H,11-12,15-16H2,1-3H3,(H2,24,25,26,27,28,29). The summed E-state index contributed by atoms with van der Waals surface area (Å²) in [4.78, 5) is 22.5. The first-order chi connectivity index (χ1) is 15.6. The zero-order valence-electron chi connectivity index (χ0n) is 18.6. The molecule has 3 heterocycles. The van der Waals surface area contributed by atoms with Gasteiger partial charge in [-0.1, -0.05) is 30.3 Å². The van der Waals surface area contributed by atoms with E-state index in [1.54, 1.807) is 6.26 Å². The Bertz CT molecular complexity index is 1080. The average molecular weight is 433 g/mol. The van der Waals surface area contributed by atoms with Crippen molar-refractivity contribution in [3.05, 3.63) is 66.1 Å². The fourth-order valence-electron chi connectivity index (χ4n) is 3.12. The number of rotatable bonds is 9. The Morgan fingerprint density at radius 3 is 2.50 bits per heavy atom. The van der Waals surface area contributed by atoms with Crippen LogP contribution >= 0.6 is 0 Å². The van der Waals surface area contributed by atoms with E-state index < -0.39 is 0 Å². The summed E-state index contributed by atoms with van der Waals surface area (Å²) in [6.45, 7) is 2.85. The quantitative estimate of drug-likeness (QED) is 0.533. The molecule has 0 aliphatic carbocycles. The number of nitrogens with one attached hydrogen (secondary N) is 2. The summed E-state index contributed by atoms with van der Waals surface area (Å²) in [6.07, 6.45) is 3.61. The van der Waals surface area contributed by atoms with Crippen molar-refractivity contribution >= 4 is 29.3 Å². The Labute approximate surface area is 187 Å². The van der Waals surface area contributed by atoms with E-state index in [4.69, 9.17) is 4.42 Å². The number of furan rings is 1. The molecular weight excluding hydrogens is 404 g/mol. The highest BCUT2D eigenvalue weighted by Crippen LogP contribution is 2.20. The Morgan fingerprint density at radius 2 is 1.75 bits per heavy atom. The van der Waals surface area contributed by atoms with Gasteiger partial charge in [0.15, 0.2) is 0 Å². The molecule has 32 heavy (non-hydrogen) atoms. The average Bonchev–Trinajstić information content (AvgIpc) is 3.49. The van der Waals surface area contributed by atoms with E-state index in [1.807, 2.05) is 62.5 Å². The highest BCUT2D eigenvalue weighted by molar-refractivity contribution is 6.09. The summed E-state index contributed by atoms with van der Waals surface area (Å²) < 4.78 is 5.47. The molecule has 0 unspecified atom stereocenters. The smallest absolute Gasteiger partial charge is 0.234 e. The van der Waals surface area contributed by atoms with Crippen LogP contribution in [0.5, 0.6) is 0 Å². The third-order valence-corrected chi connectivity index (χ3v) is 4.95. The van der Waals surface area contributed by atoms with Crippen molar-refractivity contribution in [3.63, 3.8) is 0 Å². The highest BCUT2D eigenvalue weighted by Gasteiger charge is 2.16. The van der Waals surface area contributed by atoms with Crippen molar-refractivity contribution in [2.45, 2.75) is 6.54 Å². The maximum Gasteiger partial charge on any atom is 0.234 e. The molecule has 0 saturated heterocycles. The molecule has 9 heteroatoms. The van der Waals surface area contributed by atoms with Gasteiger partial charge in [0, 0.05) is 32.3 Å². The van der Waals surface area contributed by atoms with Gasteiger partial charge in [0.25, 0.3) is 0 Å². The summed E-state index contributed by atoms with van der Waals surface area (Å²) >= 11 is 0. The normalized spacial score (nSPS) is 13.1. The lowest BCUT2D eigenvalue weighted by molar-refractivity contribution is 0.415. The summed E-state index contributed by atoms with van der Waals surface area (Å²) in [5.74, 6) is 3.05. The molecule has 0 fully saturated rings. The minimum absolute atomic E-state index is 0.443. The predicted octanol–water partition coefficient (Wildman–Crippen LogP) is 2.98. The second kappa shape index (κ2) is 10.1. The lowest BCUT2D eigenvalue weighted by Crippen LogP contribution is -2.30. The molecule has 0 saturated carbocycles. The van der Waals surface area contributed by atoms with Gasteiger partial charge in [0.1, 0.15) is 11.6 Å². The van der Waals surface area contributed by atoms with Crippen molar-refractivity contribution in [1.29, 1.82) is 0 Å². The van der Waals surface area contributed by atoms with E-state index in [0.717, 1.165) is 30.0 Å². The van der Waals surface area contributed by atoms with E-state index in [9.17, 15) is 0 Å². The van der Waals surface area contributed by atoms with Gasteiger partial charge in [-0.3, -0.25) is 4.99 Å². The van der Waals surface area contributed by atoms with Crippen molar-refractivity contribution in [3.8, 4) is 0 Å². The summed E-state index contributed by atoms with van der Waals surface area (Å²) in [7, 11) is 6.07. The van der Waals surface area contributed by atoms with Crippen LogP contribution in [0.25, 0.3) is 5.57 Å². The molecule has 0 radical (unpaired) electrons. The number of nitrogens with zero attached hydrogens (tertiary/aromatic N) is 6. The molecule has 2 aromatic heterocycles. The zero-order valence-corrected chi connectivity index (χ0v) is 18.6. The molecule has 2 N–H and O–H groups in total. The van der Waals surface area contributed by atoms with E-state index in [1.165, 1.54) is 0 Å². The molecular formula is C23H28N8O. The van der Waals surface area contributed by atoms with E-state index in [0.29, 0.717) is 36.8 Å². The molecule has 0 bridgehead atoms. The number of anilines is 3. The number of benzene rings is 1. The highest BCUT2D eigenvalue weighted by atomic mass is 16.3. The van der Waals surface area contributed by atoms with Crippen LogP contribution < -0.4 is 15.5 Å². The third kappa shape index (κ3) is 5.70. The minimum Gasteiger partial charge on any atom is -0.465 e. The number of aromatic nitrogens is 3. The van der Waals surface area contributed by atoms with Gasteiger partial charge in [-0.25, -0.2) is 0 Å². The SMILES string of the molecule is CN(C)CCN(C)c1nc(NCc2ccccc2)nc(NC2=NCC(c3ccco3)=C2)n1. The van der Waals surface area contributed by atoms with Crippen molar-refractivity contribution in [2.24, 2.45) is 4.99 Å². The van der Waals surface area contributed by atoms with Gasteiger partial charge in [-0.05, 0) is 37.9 Å². The molecule has 1 aromatic carbocycles. The molecule has 166 valence electrons. The van der Waals surface area contributed by atoms with Crippen molar-refractivity contribution < 1.29 is 4.42 Å². The first-order valence-electron chi connectivity index (χ1n) is 10.5. The molecule has 1 aliphatic rings. The molecule has 1 aliphatic heterocycles. The van der Waals surface area contributed by atoms with Gasteiger partial charge >= 0.3 is 0 Å². The van der Waals surface area contributed by atoms with Crippen LogP contribution in [-0.4, -0.2) is 66.5 Å². The van der Waals surface area contributed by atoms with Crippen LogP contribution in [0.15, 0.2) is 64.2 Å². The van der Waals surface area contributed by atoms with Crippen LogP contribution in [0.2, 0.25) is 0 Å². The van der Waals surface area contributed by atoms with Gasteiger partial charge in [0.2, 0.25) is 17.8 Å². The predicted molar refractivity (Wildman–Crippen MR) is 128 cm³/mol. The van der Waals surface area contributed by atoms with Crippen LogP contribution in [0.1, 0.15) is 11.3 Å². The van der Waals surface area contributed by atoms with E-state index >= 15 is 0 Å². The van der Waals surface area contributed by atoms with Crippen LogP contribution in [-0.2, 0) is 6.54 Å². The summed E-state index contributed by atoms with van der Waals surface area (Å²) in [5, 5.41) is 6.53. The number of hydrogen-bond acceptors (Lipinski definition) is 9. The van der Waals surface area contributed by atoms with Crippen molar-refractivity contribution in [1.82, 2.24) is 19.9 Å². The maximum atomic E-state index is 5.47. The monoisotopic (exact) mass is 432 g/mol. The first-order valence-corrected chi connectivity index (χ1v) is 10.5. The maximum absolute atomic E-state index is 5.47. The number of hydrogen-bond donors (Lipinski definition) is 2. The molecule has 3 aromatic rings. The number of aliphatic imine (C=N–C) groups is 1. The first kappa shape index (κ1) is 21.5. The van der Waals surface area contributed by atoms with Crippen molar-refractivity contribution in [2.75, 3.05) is 56.3 Å². The van der Waals surface area contributed by atoms with Crippen LogP contribution in [0.4, 0.5) is 17.8 Å². The van der Waals surface area contributed by atoms with Gasteiger partial charge in [0.05, 0.1) is 12.8 Å². The fourth-order valence-corrected chi connectivity index (χ4v) is 3.12. The molecule has 4 rings (SSSR count). The topological polar surface area (TPSA) is 94.7 Å². The Hall–Kier alpha value is -3.72. The largest absolute Gasteiger partial charge is 0.465 e. The van der Waals surface area contributed by atoms with E-state index in [2.05, 4.69) is 47.6 Å². The summed E-state index contributed by atoms with van der Waals surface area (Å²) in [6, 6.07) is 13.9. The van der Waals surface area contributed by atoms with Gasteiger partial charge in [-0.2, -0.15) is 15.0 Å². The molecule has 9 nitrogen and oxygen atoms in total. The third-order valence-electron chi connectivity index (χ3n) is 4.95. The van der Waals surface area contributed by atoms with Gasteiger partial charge < -0.3 is 24.9 Å². The lowest BCUT2D eigenvalue weighted by atomic mass is 10.2. The van der Waals surface area contributed by atoms with Crippen LogP contribution in [0.3, 0.4) is 0 Å². The lowest BCUT2D eigenvalue weighted by Gasteiger charge is -2.20. The number of likely N-dealkylation sites (N-methyl/N-ethyl adjacent to an activating group) is 2. The minimum atomic E-state index is 0.443.